The lowest BCUT2D eigenvalue weighted by molar-refractivity contribution is 0.321. The molecule has 0 saturated carbocycles. The molecule has 0 bridgehead atoms. The molecule has 1 aliphatic rings. The Balaban J connectivity index is 1.72. The van der Waals surface area contributed by atoms with Gasteiger partial charge in [0.15, 0.2) is 9.84 Å². The lowest BCUT2D eigenvalue weighted by Crippen LogP contribution is -2.21. The second kappa shape index (κ2) is 5.77. The van der Waals surface area contributed by atoms with E-state index < -0.39 is 9.84 Å². The van der Waals surface area contributed by atoms with Crippen LogP contribution in [0.3, 0.4) is 0 Å². The maximum atomic E-state index is 11.8. The fourth-order valence-corrected chi connectivity index (χ4v) is 3.76. The Bertz CT molecular complexity index is 771. The Hall–Kier alpha value is -1.80. The highest BCUT2D eigenvalue weighted by atomic mass is 32.2. The van der Waals surface area contributed by atoms with Crippen LogP contribution in [0, 0.1) is 6.92 Å². The largest absolute Gasteiger partial charge is 0.297 e. The number of sulfone groups is 1. The van der Waals surface area contributed by atoms with Crippen LogP contribution < -0.4 is 0 Å². The SMILES string of the molecule is Cc1nccc(CN2CC[C@H](c3[nH]ncc3S(C)(=O)=O)C2)n1. The number of hydrogen-bond acceptors (Lipinski definition) is 6. The van der Waals surface area contributed by atoms with Crippen molar-refractivity contribution in [1.29, 1.82) is 0 Å². The summed E-state index contributed by atoms with van der Waals surface area (Å²) >= 11 is 0. The Morgan fingerprint density at radius 3 is 3.00 bits per heavy atom. The molecule has 3 rings (SSSR count). The van der Waals surface area contributed by atoms with Crippen molar-refractivity contribution in [2.75, 3.05) is 19.3 Å². The molecule has 0 radical (unpaired) electrons. The number of aryl methyl sites for hydroxylation is 1. The van der Waals surface area contributed by atoms with E-state index in [0.29, 0.717) is 4.90 Å². The molecule has 0 amide bonds. The van der Waals surface area contributed by atoms with E-state index in [1.54, 1.807) is 6.20 Å². The monoisotopic (exact) mass is 321 g/mol. The van der Waals surface area contributed by atoms with Gasteiger partial charge < -0.3 is 0 Å². The normalized spacial score (nSPS) is 19.6. The van der Waals surface area contributed by atoms with Crippen molar-refractivity contribution >= 4 is 9.84 Å². The van der Waals surface area contributed by atoms with Gasteiger partial charge in [-0.25, -0.2) is 18.4 Å². The number of H-pyrrole nitrogens is 1. The summed E-state index contributed by atoms with van der Waals surface area (Å²) in [4.78, 5) is 11.1. The zero-order valence-electron chi connectivity index (χ0n) is 12.7. The molecule has 0 aromatic carbocycles. The molecule has 7 nitrogen and oxygen atoms in total. The molecule has 118 valence electrons. The summed E-state index contributed by atoms with van der Waals surface area (Å²) in [6, 6.07) is 1.92. The summed E-state index contributed by atoms with van der Waals surface area (Å²) in [5, 5.41) is 6.78. The Morgan fingerprint density at radius 1 is 1.45 bits per heavy atom. The molecular formula is C14H19N5O2S. The predicted molar refractivity (Wildman–Crippen MR) is 81.1 cm³/mol. The van der Waals surface area contributed by atoms with Gasteiger partial charge in [-0.15, -0.1) is 0 Å². The second-order valence-corrected chi connectivity index (χ2v) is 7.72. The molecule has 1 aliphatic heterocycles. The van der Waals surface area contributed by atoms with Crippen LogP contribution in [0.25, 0.3) is 0 Å². The molecule has 2 aromatic heterocycles. The van der Waals surface area contributed by atoms with Gasteiger partial charge in [0.1, 0.15) is 10.7 Å². The fourth-order valence-electron chi connectivity index (χ4n) is 2.91. The molecule has 1 saturated heterocycles. The maximum Gasteiger partial charge on any atom is 0.178 e. The van der Waals surface area contributed by atoms with Gasteiger partial charge in [-0.3, -0.25) is 10.00 Å². The molecule has 1 fully saturated rings. The van der Waals surface area contributed by atoms with Gasteiger partial charge >= 0.3 is 0 Å². The molecule has 0 spiro atoms. The van der Waals surface area contributed by atoms with Crippen LogP contribution in [0.15, 0.2) is 23.4 Å². The van der Waals surface area contributed by atoms with E-state index in [1.807, 2.05) is 13.0 Å². The van der Waals surface area contributed by atoms with E-state index >= 15 is 0 Å². The molecule has 22 heavy (non-hydrogen) atoms. The molecule has 1 N–H and O–H groups in total. The first-order chi connectivity index (χ1) is 10.4. The summed E-state index contributed by atoms with van der Waals surface area (Å²) in [6.07, 6.45) is 5.30. The van der Waals surface area contributed by atoms with Crippen molar-refractivity contribution in [3.8, 4) is 0 Å². The topological polar surface area (TPSA) is 91.8 Å². The molecule has 1 atom stereocenters. The first-order valence-electron chi connectivity index (χ1n) is 7.17. The van der Waals surface area contributed by atoms with Gasteiger partial charge in [0, 0.05) is 31.5 Å². The van der Waals surface area contributed by atoms with Crippen LogP contribution in [0.4, 0.5) is 0 Å². The summed E-state index contributed by atoms with van der Waals surface area (Å²) in [5.74, 6) is 0.927. The van der Waals surface area contributed by atoms with E-state index in [2.05, 4.69) is 25.1 Å². The van der Waals surface area contributed by atoms with Crippen molar-refractivity contribution in [2.24, 2.45) is 0 Å². The maximum absolute atomic E-state index is 11.8. The van der Waals surface area contributed by atoms with E-state index in [9.17, 15) is 8.42 Å². The molecule has 8 heteroatoms. The van der Waals surface area contributed by atoms with Gasteiger partial charge in [-0.05, 0) is 26.0 Å². The number of likely N-dealkylation sites (tertiary alicyclic amines) is 1. The summed E-state index contributed by atoms with van der Waals surface area (Å²) < 4.78 is 23.6. The zero-order chi connectivity index (χ0) is 15.7. The first kappa shape index (κ1) is 15.1. The fraction of sp³-hybridized carbons (Fsp3) is 0.500. The van der Waals surface area contributed by atoms with Crippen LogP contribution in [0.1, 0.15) is 29.6 Å². The average Bonchev–Trinajstić information content (AvgIpc) is 3.05. The van der Waals surface area contributed by atoms with Crippen LogP contribution in [0.5, 0.6) is 0 Å². The molecule has 0 unspecified atom stereocenters. The third-order valence-corrected chi connectivity index (χ3v) is 5.06. The third kappa shape index (κ3) is 3.17. The lowest BCUT2D eigenvalue weighted by Gasteiger charge is -2.15. The third-order valence-electron chi connectivity index (χ3n) is 3.93. The van der Waals surface area contributed by atoms with Gasteiger partial charge in [0.25, 0.3) is 0 Å². The minimum atomic E-state index is -3.24. The number of aromatic nitrogens is 4. The van der Waals surface area contributed by atoms with Crippen molar-refractivity contribution < 1.29 is 8.42 Å². The highest BCUT2D eigenvalue weighted by Gasteiger charge is 2.29. The minimum absolute atomic E-state index is 0.162. The minimum Gasteiger partial charge on any atom is -0.297 e. The molecular weight excluding hydrogens is 302 g/mol. The van der Waals surface area contributed by atoms with Crippen LogP contribution in [-0.4, -0.2) is 52.8 Å². The van der Waals surface area contributed by atoms with E-state index in [4.69, 9.17) is 0 Å². The lowest BCUT2D eigenvalue weighted by atomic mass is 10.1. The summed E-state index contributed by atoms with van der Waals surface area (Å²) in [6.45, 7) is 4.34. The summed E-state index contributed by atoms with van der Waals surface area (Å²) in [7, 11) is -3.24. The van der Waals surface area contributed by atoms with Gasteiger partial charge in [-0.2, -0.15) is 5.10 Å². The zero-order valence-corrected chi connectivity index (χ0v) is 13.5. The van der Waals surface area contributed by atoms with Gasteiger partial charge in [0.2, 0.25) is 0 Å². The van der Waals surface area contributed by atoms with Crippen LogP contribution in [-0.2, 0) is 16.4 Å². The van der Waals surface area contributed by atoms with Crippen molar-refractivity contribution in [3.05, 3.63) is 35.7 Å². The standard InChI is InChI=1S/C14H19N5O2S/c1-10-15-5-3-12(17-10)9-19-6-4-11(8-19)14-13(7-16-18-14)22(2,20)21/h3,5,7,11H,4,6,8-9H2,1-2H3,(H,16,18)/t11-/m0/s1. The van der Waals surface area contributed by atoms with Gasteiger partial charge in [-0.1, -0.05) is 0 Å². The predicted octanol–water partition coefficient (Wildman–Crippen LogP) is 0.901. The number of nitrogens with zero attached hydrogens (tertiary/aromatic N) is 4. The van der Waals surface area contributed by atoms with E-state index in [-0.39, 0.29) is 5.92 Å². The van der Waals surface area contributed by atoms with Crippen LogP contribution >= 0.6 is 0 Å². The highest BCUT2D eigenvalue weighted by Crippen LogP contribution is 2.30. The quantitative estimate of drug-likeness (QED) is 0.899. The molecule has 3 heterocycles. The Morgan fingerprint density at radius 2 is 2.27 bits per heavy atom. The number of nitrogens with one attached hydrogen (secondary N) is 1. The average molecular weight is 321 g/mol. The number of rotatable bonds is 4. The van der Waals surface area contributed by atoms with E-state index in [1.165, 1.54) is 12.5 Å². The van der Waals surface area contributed by atoms with E-state index in [0.717, 1.165) is 43.3 Å². The first-order valence-corrected chi connectivity index (χ1v) is 9.07. The van der Waals surface area contributed by atoms with Crippen molar-refractivity contribution in [3.63, 3.8) is 0 Å². The number of aromatic amines is 1. The smallest absolute Gasteiger partial charge is 0.178 e. The Labute approximate surface area is 129 Å². The van der Waals surface area contributed by atoms with Gasteiger partial charge in [0.05, 0.1) is 17.6 Å². The van der Waals surface area contributed by atoms with Crippen molar-refractivity contribution in [1.82, 2.24) is 25.1 Å². The van der Waals surface area contributed by atoms with Crippen molar-refractivity contribution in [2.45, 2.75) is 30.7 Å². The summed E-state index contributed by atoms with van der Waals surface area (Å²) in [5.41, 5.74) is 1.71. The Kier molecular flexibility index (Phi) is 3.96. The molecule has 0 aliphatic carbocycles. The molecule has 2 aromatic rings. The van der Waals surface area contributed by atoms with Crippen LogP contribution in [0.2, 0.25) is 0 Å². The highest BCUT2D eigenvalue weighted by molar-refractivity contribution is 7.90. The second-order valence-electron chi connectivity index (χ2n) is 5.74. The number of hydrogen-bond donors (Lipinski definition) is 1.